The van der Waals surface area contributed by atoms with Gasteiger partial charge in [0, 0.05) is 23.5 Å². The van der Waals surface area contributed by atoms with Gasteiger partial charge in [0.25, 0.3) is 5.91 Å². The summed E-state index contributed by atoms with van der Waals surface area (Å²) in [4.78, 5) is 29.6. The maximum atomic E-state index is 12.6. The van der Waals surface area contributed by atoms with Gasteiger partial charge < -0.3 is 21.1 Å². The standard InChI is InChI=1S/C25H25N7O3/c1-15-3-8-19(30-24(34)18-6-4-17(12-26)5-7-18)11-21(15)31-23-22-16(2)20(25(35)27-9-10-33)13-32(22)29-14-28-23/h3-8,11,14,20,33H,9-10,13H2,1-2H3,(H,27,35)(H,30,34)(H,28,29,31). The molecule has 2 aliphatic rings. The van der Waals surface area contributed by atoms with Crippen molar-refractivity contribution in [1.82, 2.24) is 10.3 Å². The highest BCUT2D eigenvalue weighted by Crippen LogP contribution is 2.32. The van der Waals surface area contributed by atoms with Gasteiger partial charge in [0.2, 0.25) is 5.91 Å². The van der Waals surface area contributed by atoms with Crippen LogP contribution >= 0.6 is 0 Å². The SMILES string of the molecule is CC1=C2C(Nc3cc(NC(=O)c4ccc(C#N)cc4)ccc3C)=NC=NN2CC1C(=O)NCCO. The second-order valence-electron chi connectivity index (χ2n) is 8.19. The summed E-state index contributed by atoms with van der Waals surface area (Å²) in [6.07, 6.45) is 1.43. The van der Waals surface area contributed by atoms with Crippen molar-refractivity contribution in [3.8, 4) is 6.07 Å². The summed E-state index contributed by atoms with van der Waals surface area (Å²) in [7, 11) is 0. The highest BCUT2D eigenvalue weighted by atomic mass is 16.3. The van der Waals surface area contributed by atoms with Crippen LogP contribution in [0.3, 0.4) is 0 Å². The summed E-state index contributed by atoms with van der Waals surface area (Å²) in [5.41, 5.74) is 4.75. The van der Waals surface area contributed by atoms with Crippen molar-refractivity contribution in [2.75, 3.05) is 30.3 Å². The van der Waals surface area contributed by atoms with Crippen LogP contribution in [-0.4, -0.2) is 53.8 Å². The average Bonchev–Trinajstić information content (AvgIpc) is 3.22. The largest absolute Gasteiger partial charge is 0.395 e. The van der Waals surface area contributed by atoms with E-state index in [2.05, 4.69) is 26.0 Å². The first-order chi connectivity index (χ1) is 16.9. The fourth-order valence-electron chi connectivity index (χ4n) is 3.93. The van der Waals surface area contributed by atoms with Gasteiger partial charge in [-0.1, -0.05) is 6.07 Å². The number of carbonyl (C=O) groups excluding carboxylic acids is 2. The summed E-state index contributed by atoms with van der Waals surface area (Å²) >= 11 is 0. The number of hydrogen-bond acceptors (Lipinski definition) is 8. The molecule has 0 spiro atoms. The van der Waals surface area contributed by atoms with Crippen LogP contribution in [0, 0.1) is 24.2 Å². The Morgan fingerprint density at radius 2 is 1.97 bits per heavy atom. The Balaban J connectivity index is 1.53. The number of hydrazone groups is 1. The van der Waals surface area contributed by atoms with Crippen molar-refractivity contribution >= 4 is 35.4 Å². The smallest absolute Gasteiger partial charge is 0.255 e. The Labute approximate surface area is 202 Å². The third kappa shape index (κ3) is 5.05. The molecule has 0 bridgehead atoms. The summed E-state index contributed by atoms with van der Waals surface area (Å²) < 4.78 is 0. The van der Waals surface area contributed by atoms with Crippen molar-refractivity contribution in [3.05, 3.63) is 70.4 Å². The normalized spacial score (nSPS) is 16.3. The molecule has 0 aromatic heterocycles. The number of aryl methyl sites for hydroxylation is 1. The van der Waals surface area contributed by atoms with Crippen molar-refractivity contribution in [3.63, 3.8) is 0 Å². The molecule has 0 aliphatic carbocycles. The minimum absolute atomic E-state index is 0.123. The number of aliphatic hydroxyl groups is 1. The zero-order valence-corrected chi connectivity index (χ0v) is 19.4. The molecule has 0 saturated carbocycles. The van der Waals surface area contributed by atoms with E-state index in [1.807, 2.05) is 32.0 Å². The van der Waals surface area contributed by atoms with Crippen LogP contribution in [0.4, 0.5) is 11.4 Å². The van der Waals surface area contributed by atoms with Gasteiger partial charge in [-0.15, -0.1) is 0 Å². The number of carbonyl (C=O) groups is 2. The Hall–Kier alpha value is -4.49. The molecule has 10 heteroatoms. The molecule has 2 heterocycles. The van der Waals surface area contributed by atoms with Gasteiger partial charge in [-0.2, -0.15) is 10.4 Å². The maximum absolute atomic E-state index is 12.6. The number of nitrogens with zero attached hydrogens (tertiary/aromatic N) is 4. The lowest BCUT2D eigenvalue weighted by molar-refractivity contribution is -0.124. The zero-order valence-electron chi connectivity index (χ0n) is 19.4. The van der Waals surface area contributed by atoms with Gasteiger partial charge in [-0.25, -0.2) is 4.99 Å². The number of nitrogens with one attached hydrogen (secondary N) is 3. The molecule has 2 aromatic carbocycles. The number of amidine groups is 1. The van der Waals surface area contributed by atoms with Crippen LogP contribution in [-0.2, 0) is 4.79 Å². The van der Waals surface area contributed by atoms with Gasteiger partial charge in [-0.3, -0.25) is 14.6 Å². The van der Waals surface area contributed by atoms with E-state index in [1.54, 1.807) is 35.3 Å². The Morgan fingerprint density at radius 1 is 1.20 bits per heavy atom. The number of anilines is 2. The molecule has 2 amide bonds. The summed E-state index contributed by atoms with van der Waals surface area (Å²) in [5.74, 6) is -0.313. The molecule has 2 aliphatic heterocycles. The number of amides is 2. The van der Waals surface area contributed by atoms with Crippen LogP contribution in [0.5, 0.6) is 0 Å². The summed E-state index contributed by atoms with van der Waals surface area (Å²) in [6, 6.07) is 13.9. The number of rotatable bonds is 6. The van der Waals surface area contributed by atoms with Crippen LogP contribution < -0.4 is 16.0 Å². The molecule has 2 aromatic rings. The van der Waals surface area contributed by atoms with Crippen LogP contribution in [0.1, 0.15) is 28.4 Å². The molecule has 4 rings (SSSR count). The van der Waals surface area contributed by atoms with E-state index in [1.165, 1.54) is 6.34 Å². The first kappa shape index (κ1) is 23.7. The fourth-order valence-corrected chi connectivity index (χ4v) is 3.93. The summed E-state index contributed by atoms with van der Waals surface area (Å²) in [5, 5.41) is 32.9. The number of aliphatic hydroxyl groups excluding tert-OH is 1. The third-order valence-corrected chi connectivity index (χ3v) is 5.86. The predicted molar refractivity (Wildman–Crippen MR) is 133 cm³/mol. The minimum atomic E-state index is -0.405. The molecule has 0 saturated heterocycles. The average molecular weight is 472 g/mol. The Morgan fingerprint density at radius 3 is 2.69 bits per heavy atom. The molecule has 0 radical (unpaired) electrons. The van der Waals surface area contributed by atoms with Crippen LogP contribution in [0.2, 0.25) is 0 Å². The number of fused-ring (bicyclic) bond motifs is 1. The number of hydrogen-bond donors (Lipinski definition) is 4. The van der Waals surface area contributed by atoms with Crippen LogP contribution in [0.15, 0.2) is 63.8 Å². The van der Waals surface area contributed by atoms with E-state index in [4.69, 9.17) is 10.4 Å². The second kappa shape index (κ2) is 10.2. The maximum Gasteiger partial charge on any atom is 0.255 e. The lowest BCUT2D eigenvalue weighted by atomic mass is 10.0. The second-order valence-corrected chi connectivity index (χ2v) is 8.19. The minimum Gasteiger partial charge on any atom is -0.395 e. The van der Waals surface area contributed by atoms with E-state index in [0.717, 1.165) is 22.5 Å². The molecule has 4 N–H and O–H groups in total. The lowest BCUT2D eigenvalue weighted by Gasteiger charge is -2.22. The topological polar surface area (TPSA) is 142 Å². The first-order valence-electron chi connectivity index (χ1n) is 11.1. The lowest BCUT2D eigenvalue weighted by Crippen LogP contribution is -2.35. The van der Waals surface area contributed by atoms with E-state index < -0.39 is 5.92 Å². The van der Waals surface area contributed by atoms with E-state index in [9.17, 15) is 9.59 Å². The van der Waals surface area contributed by atoms with Crippen molar-refractivity contribution < 1.29 is 14.7 Å². The Kier molecular flexibility index (Phi) is 6.89. The summed E-state index contributed by atoms with van der Waals surface area (Å²) in [6.45, 7) is 4.26. The predicted octanol–water partition coefficient (Wildman–Crippen LogP) is 2.20. The third-order valence-electron chi connectivity index (χ3n) is 5.86. The fraction of sp³-hybridized carbons (Fsp3) is 0.240. The van der Waals surface area contributed by atoms with Gasteiger partial charge in [0.1, 0.15) is 12.0 Å². The van der Waals surface area contributed by atoms with Crippen molar-refractivity contribution in [2.24, 2.45) is 16.0 Å². The molecule has 178 valence electrons. The molecule has 1 unspecified atom stereocenters. The van der Waals surface area contributed by atoms with E-state index in [-0.39, 0.29) is 25.0 Å². The molecule has 10 nitrogen and oxygen atoms in total. The van der Waals surface area contributed by atoms with Crippen molar-refractivity contribution in [2.45, 2.75) is 13.8 Å². The van der Waals surface area contributed by atoms with Crippen molar-refractivity contribution in [1.29, 1.82) is 5.26 Å². The van der Waals surface area contributed by atoms with E-state index in [0.29, 0.717) is 29.2 Å². The molecular weight excluding hydrogens is 446 g/mol. The molecular formula is C25H25N7O3. The monoisotopic (exact) mass is 471 g/mol. The molecule has 35 heavy (non-hydrogen) atoms. The van der Waals surface area contributed by atoms with Gasteiger partial charge >= 0.3 is 0 Å². The number of aliphatic imine (C=N–C) groups is 1. The Bertz CT molecular complexity index is 1290. The quantitative estimate of drug-likeness (QED) is 0.509. The number of nitriles is 1. The molecule has 1 atom stereocenters. The highest BCUT2D eigenvalue weighted by Gasteiger charge is 2.37. The van der Waals surface area contributed by atoms with E-state index >= 15 is 0 Å². The molecule has 0 fully saturated rings. The number of benzene rings is 2. The van der Waals surface area contributed by atoms with Gasteiger partial charge in [0.15, 0.2) is 5.84 Å². The zero-order chi connectivity index (χ0) is 24.9. The van der Waals surface area contributed by atoms with Crippen LogP contribution in [0.25, 0.3) is 0 Å². The van der Waals surface area contributed by atoms with Gasteiger partial charge in [0.05, 0.1) is 30.7 Å². The van der Waals surface area contributed by atoms with Gasteiger partial charge in [-0.05, 0) is 61.4 Å². The first-order valence-corrected chi connectivity index (χ1v) is 11.1. The highest BCUT2D eigenvalue weighted by molar-refractivity contribution is 6.13.